The molecule has 0 amide bonds. The van der Waals surface area contributed by atoms with Crippen molar-refractivity contribution >= 4 is 39.1 Å². The maximum atomic E-state index is 6.10. The molecule has 0 aliphatic heterocycles. The van der Waals surface area contributed by atoms with Crippen molar-refractivity contribution in [3.05, 3.63) is 67.6 Å². The van der Waals surface area contributed by atoms with Crippen molar-refractivity contribution in [2.75, 3.05) is 7.05 Å². The van der Waals surface area contributed by atoms with Gasteiger partial charge >= 0.3 is 0 Å². The number of hydrogen-bond acceptors (Lipinski definition) is 1. The van der Waals surface area contributed by atoms with E-state index >= 15 is 0 Å². The fourth-order valence-electron chi connectivity index (χ4n) is 2.09. The van der Waals surface area contributed by atoms with Crippen LogP contribution < -0.4 is 5.32 Å². The van der Waals surface area contributed by atoms with Crippen LogP contribution in [0.25, 0.3) is 0 Å². The van der Waals surface area contributed by atoms with E-state index in [-0.39, 0.29) is 6.04 Å². The van der Waals surface area contributed by atoms with Crippen LogP contribution in [0.1, 0.15) is 22.7 Å². The summed E-state index contributed by atoms with van der Waals surface area (Å²) in [5.41, 5.74) is 3.47. The van der Waals surface area contributed by atoms with Gasteiger partial charge in [0.15, 0.2) is 0 Å². The molecule has 0 fully saturated rings. The van der Waals surface area contributed by atoms with Crippen LogP contribution in [0.4, 0.5) is 0 Å². The third-order valence-electron chi connectivity index (χ3n) is 3.10. The van der Waals surface area contributed by atoms with Crippen molar-refractivity contribution in [2.24, 2.45) is 0 Å². The van der Waals surface area contributed by atoms with Gasteiger partial charge in [0.05, 0.1) is 16.1 Å². The predicted molar refractivity (Wildman–Crippen MR) is 86.2 cm³/mol. The van der Waals surface area contributed by atoms with E-state index in [0.29, 0.717) is 10.0 Å². The Hall–Kier alpha value is -0.540. The minimum Gasteiger partial charge on any atom is -0.309 e. The summed E-state index contributed by atoms with van der Waals surface area (Å²) in [5, 5.41) is 4.46. The average molecular weight is 359 g/mol. The van der Waals surface area contributed by atoms with Crippen LogP contribution in [0.2, 0.25) is 10.0 Å². The SMILES string of the molecule is CNC(c1ccc(Cl)c(Cl)c1)c1cccc(C)c1Br. The predicted octanol–water partition coefficient (Wildman–Crippen LogP) is 5.37. The first kappa shape index (κ1) is 14.9. The van der Waals surface area contributed by atoms with Gasteiger partial charge in [-0.25, -0.2) is 0 Å². The van der Waals surface area contributed by atoms with Gasteiger partial charge < -0.3 is 5.32 Å². The van der Waals surface area contributed by atoms with Gasteiger partial charge in [0.2, 0.25) is 0 Å². The lowest BCUT2D eigenvalue weighted by molar-refractivity contribution is 0.688. The Balaban J connectivity index is 2.50. The van der Waals surface area contributed by atoms with E-state index in [9.17, 15) is 0 Å². The minimum atomic E-state index is 0.0732. The maximum Gasteiger partial charge on any atom is 0.0595 e. The summed E-state index contributed by atoms with van der Waals surface area (Å²) >= 11 is 15.7. The van der Waals surface area contributed by atoms with E-state index in [1.807, 2.05) is 25.2 Å². The number of aryl methyl sites for hydroxylation is 1. The summed E-state index contributed by atoms with van der Waals surface area (Å²) in [7, 11) is 1.93. The first-order chi connectivity index (χ1) is 9.04. The van der Waals surface area contributed by atoms with Gasteiger partial charge in [0.25, 0.3) is 0 Å². The molecule has 0 radical (unpaired) electrons. The quantitative estimate of drug-likeness (QED) is 0.777. The third kappa shape index (κ3) is 3.14. The molecular weight excluding hydrogens is 345 g/mol. The molecule has 0 bridgehead atoms. The van der Waals surface area contributed by atoms with Crippen LogP contribution in [0, 0.1) is 6.92 Å². The summed E-state index contributed by atoms with van der Waals surface area (Å²) < 4.78 is 1.11. The molecule has 1 nitrogen and oxygen atoms in total. The third-order valence-corrected chi connectivity index (χ3v) is 4.92. The summed E-state index contributed by atoms with van der Waals surface area (Å²) in [6.45, 7) is 2.08. The second-order valence-electron chi connectivity index (χ2n) is 4.37. The molecule has 100 valence electrons. The Morgan fingerprint density at radius 3 is 2.47 bits per heavy atom. The Bertz CT molecular complexity index is 599. The summed E-state index contributed by atoms with van der Waals surface area (Å²) in [6, 6.07) is 12.0. The zero-order valence-corrected chi connectivity index (χ0v) is 13.8. The summed E-state index contributed by atoms with van der Waals surface area (Å²) in [6.07, 6.45) is 0. The van der Waals surface area contributed by atoms with Crippen molar-refractivity contribution in [3.8, 4) is 0 Å². The van der Waals surface area contributed by atoms with Crippen molar-refractivity contribution in [2.45, 2.75) is 13.0 Å². The Morgan fingerprint density at radius 1 is 1.11 bits per heavy atom. The molecule has 2 rings (SSSR count). The van der Waals surface area contributed by atoms with E-state index in [4.69, 9.17) is 23.2 Å². The lowest BCUT2D eigenvalue weighted by Crippen LogP contribution is -2.18. The molecule has 1 N–H and O–H groups in total. The van der Waals surface area contributed by atoms with Gasteiger partial charge in [-0.1, -0.05) is 63.4 Å². The fraction of sp³-hybridized carbons (Fsp3) is 0.200. The van der Waals surface area contributed by atoms with Crippen LogP contribution in [0.3, 0.4) is 0 Å². The van der Waals surface area contributed by atoms with Gasteiger partial charge in [0, 0.05) is 4.47 Å². The van der Waals surface area contributed by atoms with Gasteiger partial charge in [-0.2, -0.15) is 0 Å². The zero-order valence-electron chi connectivity index (χ0n) is 10.7. The fourth-order valence-corrected chi connectivity index (χ4v) is 2.89. The smallest absolute Gasteiger partial charge is 0.0595 e. The first-order valence-electron chi connectivity index (χ1n) is 5.92. The lowest BCUT2D eigenvalue weighted by Gasteiger charge is -2.20. The molecular formula is C15H14BrCl2N. The highest BCUT2D eigenvalue weighted by Gasteiger charge is 2.16. The highest BCUT2D eigenvalue weighted by atomic mass is 79.9. The molecule has 1 unspecified atom stereocenters. The van der Waals surface area contributed by atoms with Crippen molar-refractivity contribution < 1.29 is 0 Å². The molecule has 0 aliphatic rings. The van der Waals surface area contributed by atoms with Gasteiger partial charge in [-0.3, -0.25) is 0 Å². The van der Waals surface area contributed by atoms with Gasteiger partial charge in [-0.15, -0.1) is 0 Å². The van der Waals surface area contributed by atoms with Gasteiger partial charge in [-0.05, 0) is 42.8 Å². The number of nitrogens with one attached hydrogen (secondary N) is 1. The van der Waals surface area contributed by atoms with Crippen LogP contribution in [0.15, 0.2) is 40.9 Å². The number of halogens is 3. The van der Waals surface area contributed by atoms with Crippen molar-refractivity contribution in [1.29, 1.82) is 0 Å². The standard InChI is InChI=1S/C15H14BrCl2N/c1-9-4-3-5-11(14(9)16)15(19-2)10-6-7-12(17)13(18)8-10/h3-8,15,19H,1-2H3. The molecule has 4 heteroatoms. The highest BCUT2D eigenvalue weighted by Crippen LogP contribution is 2.33. The molecule has 0 heterocycles. The second-order valence-corrected chi connectivity index (χ2v) is 5.98. The van der Waals surface area contributed by atoms with Crippen LogP contribution in [0.5, 0.6) is 0 Å². The topological polar surface area (TPSA) is 12.0 Å². The number of rotatable bonds is 3. The van der Waals surface area contributed by atoms with Crippen molar-refractivity contribution in [1.82, 2.24) is 5.32 Å². The number of hydrogen-bond donors (Lipinski definition) is 1. The molecule has 2 aromatic carbocycles. The van der Waals surface area contributed by atoms with E-state index in [0.717, 1.165) is 10.0 Å². The normalized spacial score (nSPS) is 12.5. The largest absolute Gasteiger partial charge is 0.309 e. The van der Waals surface area contributed by atoms with Crippen LogP contribution in [-0.4, -0.2) is 7.05 Å². The van der Waals surface area contributed by atoms with Crippen LogP contribution in [-0.2, 0) is 0 Å². The minimum absolute atomic E-state index is 0.0732. The summed E-state index contributed by atoms with van der Waals surface area (Å²) in [5.74, 6) is 0. The lowest BCUT2D eigenvalue weighted by atomic mass is 9.97. The highest BCUT2D eigenvalue weighted by molar-refractivity contribution is 9.10. The Kier molecular flexibility index (Phi) is 4.91. The summed E-state index contributed by atoms with van der Waals surface area (Å²) in [4.78, 5) is 0. The molecule has 0 saturated carbocycles. The Labute approximate surface area is 132 Å². The average Bonchev–Trinajstić information content (AvgIpc) is 2.39. The first-order valence-corrected chi connectivity index (χ1v) is 7.46. The molecule has 0 aliphatic carbocycles. The molecule has 0 aromatic heterocycles. The molecule has 1 atom stereocenters. The Morgan fingerprint density at radius 2 is 1.84 bits per heavy atom. The van der Waals surface area contributed by atoms with E-state index in [1.165, 1.54) is 11.1 Å². The molecule has 19 heavy (non-hydrogen) atoms. The van der Waals surface area contributed by atoms with Crippen molar-refractivity contribution in [3.63, 3.8) is 0 Å². The zero-order chi connectivity index (χ0) is 14.0. The molecule has 0 saturated heterocycles. The maximum absolute atomic E-state index is 6.10. The van der Waals surface area contributed by atoms with E-state index < -0.39 is 0 Å². The second kappa shape index (κ2) is 6.27. The molecule has 2 aromatic rings. The molecule has 0 spiro atoms. The van der Waals surface area contributed by atoms with E-state index in [2.05, 4.69) is 46.4 Å². The monoisotopic (exact) mass is 357 g/mol. The van der Waals surface area contributed by atoms with Crippen LogP contribution >= 0.6 is 39.1 Å². The van der Waals surface area contributed by atoms with E-state index in [1.54, 1.807) is 0 Å². The number of benzene rings is 2. The van der Waals surface area contributed by atoms with Gasteiger partial charge in [0.1, 0.15) is 0 Å².